The molecule has 0 saturated heterocycles. The van der Waals surface area contributed by atoms with Crippen LogP contribution in [0.1, 0.15) is 52.9 Å². The molecular weight excluding hydrogens is 414 g/mol. The number of rotatable bonds is 4. The number of amides is 3. The number of hydrogen-bond acceptors (Lipinski definition) is 5. The first-order valence-corrected chi connectivity index (χ1v) is 11.0. The fourth-order valence-corrected chi connectivity index (χ4v) is 4.42. The van der Waals surface area contributed by atoms with Crippen LogP contribution in [0.5, 0.6) is 0 Å². The second-order valence-electron chi connectivity index (χ2n) is 9.48. The van der Waals surface area contributed by atoms with Crippen LogP contribution in [-0.4, -0.2) is 64.2 Å². The van der Waals surface area contributed by atoms with E-state index in [1.807, 2.05) is 17.0 Å². The largest absolute Gasteiger partial charge is 0.464 e. The summed E-state index contributed by atoms with van der Waals surface area (Å²) in [6.45, 7) is 4.89. The zero-order valence-electron chi connectivity index (χ0n) is 18.8. The van der Waals surface area contributed by atoms with Crippen molar-refractivity contribution in [2.45, 2.75) is 65.0 Å². The molecule has 2 aliphatic rings. The van der Waals surface area contributed by atoms with Gasteiger partial charge in [-0.05, 0) is 25.0 Å². The van der Waals surface area contributed by atoms with Crippen LogP contribution in [0.15, 0.2) is 24.3 Å². The van der Waals surface area contributed by atoms with Gasteiger partial charge in [0.2, 0.25) is 0 Å². The number of hydrogen-bond donors (Lipinski definition) is 2. The molecule has 1 fully saturated rings. The molecule has 9 heteroatoms. The van der Waals surface area contributed by atoms with Gasteiger partial charge in [-0.15, -0.1) is 0 Å². The van der Waals surface area contributed by atoms with Crippen LogP contribution in [-0.2, 0) is 9.59 Å². The van der Waals surface area contributed by atoms with Crippen molar-refractivity contribution in [3.8, 4) is 0 Å². The SMILES string of the molecule is CC(C)(C)C(=O)CN1C(=O)[C@H](N(C(=O)O)C(=O)O)CN(C2CCCCC2)c2ccccc21. The molecule has 1 heterocycles. The summed E-state index contributed by atoms with van der Waals surface area (Å²) in [4.78, 5) is 53.6. The molecule has 1 aromatic rings. The second-order valence-corrected chi connectivity index (χ2v) is 9.48. The van der Waals surface area contributed by atoms with Crippen LogP contribution >= 0.6 is 0 Å². The van der Waals surface area contributed by atoms with E-state index < -0.39 is 29.6 Å². The van der Waals surface area contributed by atoms with Crippen molar-refractivity contribution < 1.29 is 29.4 Å². The van der Waals surface area contributed by atoms with Crippen molar-refractivity contribution >= 4 is 35.3 Å². The maximum absolute atomic E-state index is 13.6. The normalized spacial score (nSPS) is 19.8. The zero-order chi connectivity index (χ0) is 23.6. The number of para-hydroxylation sites is 2. The highest BCUT2D eigenvalue weighted by atomic mass is 16.4. The molecule has 1 aliphatic heterocycles. The quantitative estimate of drug-likeness (QED) is 0.723. The van der Waals surface area contributed by atoms with Gasteiger partial charge in [-0.25, -0.2) is 9.59 Å². The number of carbonyl (C=O) groups is 4. The summed E-state index contributed by atoms with van der Waals surface area (Å²) in [6, 6.07) is 5.74. The first kappa shape index (κ1) is 23.6. The van der Waals surface area contributed by atoms with Crippen LogP contribution < -0.4 is 9.80 Å². The molecule has 1 aliphatic carbocycles. The van der Waals surface area contributed by atoms with Crippen molar-refractivity contribution in [1.82, 2.24) is 4.90 Å². The van der Waals surface area contributed by atoms with Crippen LogP contribution in [0.2, 0.25) is 0 Å². The summed E-state index contributed by atoms with van der Waals surface area (Å²) in [6.07, 6.45) is 1.44. The van der Waals surface area contributed by atoms with Gasteiger partial charge in [-0.1, -0.05) is 52.2 Å². The van der Waals surface area contributed by atoms with Crippen molar-refractivity contribution in [2.24, 2.45) is 5.41 Å². The first-order valence-electron chi connectivity index (χ1n) is 11.0. The third-order valence-corrected chi connectivity index (χ3v) is 6.28. The van der Waals surface area contributed by atoms with E-state index in [0.717, 1.165) is 32.1 Å². The van der Waals surface area contributed by atoms with Gasteiger partial charge in [-0.2, -0.15) is 4.90 Å². The molecule has 2 N–H and O–H groups in total. The molecule has 0 unspecified atom stereocenters. The Morgan fingerprint density at radius 1 is 1.00 bits per heavy atom. The van der Waals surface area contributed by atoms with Gasteiger partial charge in [0.1, 0.15) is 6.04 Å². The molecule has 9 nitrogen and oxygen atoms in total. The predicted octanol–water partition coefficient (Wildman–Crippen LogP) is 3.81. The maximum atomic E-state index is 13.6. The van der Waals surface area contributed by atoms with E-state index in [1.165, 1.54) is 4.90 Å². The lowest BCUT2D eigenvalue weighted by atomic mass is 9.90. The van der Waals surface area contributed by atoms with E-state index in [4.69, 9.17) is 0 Å². The van der Waals surface area contributed by atoms with Crippen LogP contribution in [0.3, 0.4) is 0 Å². The summed E-state index contributed by atoms with van der Waals surface area (Å²) in [5, 5.41) is 19.2. The molecule has 0 radical (unpaired) electrons. The lowest BCUT2D eigenvalue weighted by Crippen LogP contribution is -2.57. The van der Waals surface area contributed by atoms with Crippen molar-refractivity contribution in [3.05, 3.63) is 24.3 Å². The Kier molecular flexibility index (Phi) is 6.76. The van der Waals surface area contributed by atoms with Gasteiger partial charge in [-0.3, -0.25) is 9.59 Å². The molecule has 3 amide bonds. The Bertz CT molecular complexity index is 889. The fourth-order valence-electron chi connectivity index (χ4n) is 4.42. The summed E-state index contributed by atoms with van der Waals surface area (Å²) >= 11 is 0. The van der Waals surface area contributed by atoms with Crippen LogP contribution in [0.25, 0.3) is 0 Å². The predicted molar refractivity (Wildman–Crippen MR) is 119 cm³/mol. The van der Waals surface area contributed by atoms with Crippen molar-refractivity contribution in [1.29, 1.82) is 0 Å². The van der Waals surface area contributed by atoms with Crippen LogP contribution in [0.4, 0.5) is 21.0 Å². The minimum Gasteiger partial charge on any atom is -0.464 e. The fraction of sp³-hybridized carbons (Fsp3) is 0.565. The average molecular weight is 446 g/mol. The topological polar surface area (TPSA) is 118 Å². The lowest BCUT2D eigenvalue weighted by Gasteiger charge is -2.37. The minimum absolute atomic E-state index is 0.0582. The number of benzene rings is 1. The number of carbonyl (C=O) groups excluding carboxylic acids is 2. The molecule has 174 valence electrons. The van der Waals surface area contributed by atoms with E-state index in [2.05, 4.69) is 0 Å². The summed E-state index contributed by atoms with van der Waals surface area (Å²) in [7, 11) is 0. The number of anilines is 2. The number of Topliss-reactive ketones (excluding diaryl/α,β-unsaturated/α-hetero) is 1. The third kappa shape index (κ3) is 4.71. The Balaban J connectivity index is 2.14. The number of carboxylic acid groups (broad SMARTS) is 2. The van der Waals surface area contributed by atoms with Crippen LogP contribution in [0, 0.1) is 5.41 Å². The highest BCUT2D eigenvalue weighted by Gasteiger charge is 2.44. The number of imide groups is 1. The highest BCUT2D eigenvalue weighted by molar-refractivity contribution is 6.08. The summed E-state index contributed by atoms with van der Waals surface area (Å²) < 4.78 is 0. The summed E-state index contributed by atoms with van der Waals surface area (Å²) in [5.41, 5.74) is 0.492. The maximum Gasteiger partial charge on any atom is 0.417 e. The lowest BCUT2D eigenvalue weighted by molar-refractivity contribution is -0.128. The molecule has 0 bridgehead atoms. The highest BCUT2D eigenvalue weighted by Crippen LogP contribution is 2.38. The van der Waals surface area contributed by atoms with E-state index in [-0.39, 0.29) is 29.8 Å². The van der Waals surface area contributed by atoms with Gasteiger partial charge in [0.25, 0.3) is 5.91 Å². The van der Waals surface area contributed by atoms with Crippen molar-refractivity contribution in [3.63, 3.8) is 0 Å². The average Bonchev–Trinajstić information content (AvgIpc) is 2.84. The van der Waals surface area contributed by atoms with Gasteiger partial charge in [0, 0.05) is 18.0 Å². The number of fused-ring (bicyclic) bond motifs is 1. The first-order chi connectivity index (χ1) is 15.0. The van der Waals surface area contributed by atoms with E-state index >= 15 is 0 Å². The smallest absolute Gasteiger partial charge is 0.417 e. The molecule has 3 rings (SSSR count). The third-order valence-electron chi connectivity index (χ3n) is 6.28. The van der Waals surface area contributed by atoms with Gasteiger partial charge < -0.3 is 20.0 Å². The number of ketones is 1. The minimum atomic E-state index is -1.72. The molecule has 0 spiro atoms. The Hall–Kier alpha value is -3.10. The monoisotopic (exact) mass is 445 g/mol. The van der Waals surface area contributed by atoms with Crippen molar-refractivity contribution in [2.75, 3.05) is 22.9 Å². The Labute approximate surface area is 187 Å². The van der Waals surface area contributed by atoms with E-state index in [1.54, 1.807) is 32.9 Å². The van der Waals surface area contributed by atoms with Gasteiger partial charge in [0.15, 0.2) is 5.78 Å². The molecule has 1 saturated carbocycles. The molecule has 32 heavy (non-hydrogen) atoms. The van der Waals surface area contributed by atoms with Gasteiger partial charge >= 0.3 is 12.2 Å². The van der Waals surface area contributed by atoms with E-state index in [0.29, 0.717) is 11.4 Å². The van der Waals surface area contributed by atoms with Gasteiger partial charge in [0.05, 0.1) is 17.9 Å². The molecule has 1 atom stereocenters. The number of nitrogens with zero attached hydrogens (tertiary/aromatic N) is 3. The summed E-state index contributed by atoms with van der Waals surface area (Å²) in [5.74, 6) is -0.916. The molecular formula is C23H31N3O6. The zero-order valence-corrected chi connectivity index (χ0v) is 18.8. The van der Waals surface area contributed by atoms with E-state index in [9.17, 15) is 29.4 Å². The Morgan fingerprint density at radius 3 is 2.09 bits per heavy atom. The second kappa shape index (κ2) is 9.18. The Morgan fingerprint density at radius 2 is 1.56 bits per heavy atom. The standard InChI is InChI=1S/C23H31N3O6/c1-23(2,3)19(27)14-25-17-12-8-7-11-16(17)24(15-9-5-4-6-10-15)13-18(20(25)28)26(21(29)30)22(31)32/h7-8,11-12,15,18H,4-6,9-10,13-14H2,1-3H3,(H,29,30)(H,31,32)/t18-/m1/s1. The molecule has 1 aromatic carbocycles. The molecule has 0 aromatic heterocycles.